The molecule has 0 saturated carbocycles. The highest BCUT2D eigenvalue weighted by Crippen LogP contribution is 2.32. The van der Waals surface area contributed by atoms with Gasteiger partial charge in [0, 0.05) is 5.56 Å². The Morgan fingerprint density at radius 3 is 2.72 bits per heavy atom. The van der Waals surface area contributed by atoms with Gasteiger partial charge >= 0.3 is 0 Å². The van der Waals surface area contributed by atoms with Crippen molar-refractivity contribution in [3.05, 3.63) is 53.6 Å². The van der Waals surface area contributed by atoms with Crippen LogP contribution in [0.3, 0.4) is 0 Å². The van der Waals surface area contributed by atoms with Crippen molar-refractivity contribution in [3.63, 3.8) is 0 Å². The number of aliphatic imine (C=N–C) groups is 1. The van der Waals surface area contributed by atoms with Crippen molar-refractivity contribution < 1.29 is 4.79 Å². The zero-order valence-corrected chi connectivity index (χ0v) is 10.6. The van der Waals surface area contributed by atoms with Crippen LogP contribution in [0.1, 0.15) is 24.2 Å². The lowest BCUT2D eigenvalue weighted by Gasteiger charge is -2.24. The van der Waals surface area contributed by atoms with Crippen molar-refractivity contribution in [2.24, 2.45) is 16.8 Å². The van der Waals surface area contributed by atoms with E-state index in [4.69, 9.17) is 0 Å². The molecule has 0 N–H and O–H groups in total. The van der Waals surface area contributed by atoms with E-state index >= 15 is 0 Å². The zero-order chi connectivity index (χ0) is 12.7. The van der Waals surface area contributed by atoms with Crippen molar-refractivity contribution in [1.82, 2.24) is 0 Å². The molecule has 0 spiro atoms. The fourth-order valence-corrected chi connectivity index (χ4v) is 2.41. The highest BCUT2D eigenvalue weighted by Gasteiger charge is 2.30. The molecule has 0 amide bonds. The summed E-state index contributed by atoms with van der Waals surface area (Å²) in [6, 6.07) is 7.56. The molecule has 2 aliphatic rings. The molecule has 1 aromatic rings. The Morgan fingerprint density at radius 1 is 1.17 bits per heavy atom. The maximum Gasteiger partial charge on any atom is 0.177 e. The van der Waals surface area contributed by atoms with Crippen molar-refractivity contribution in [3.8, 4) is 0 Å². The largest absolute Gasteiger partial charge is 0.293 e. The normalized spacial score (nSPS) is 21.3. The molecule has 0 radical (unpaired) electrons. The second-order valence-corrected chi connectivity index (χ2v) is 5.05. The summed E-state index contributed by atoms with van der Waals surface area (Å²) in [4.78, 5) is 17.0. The molecule has 2 nitrogen and oxygen atoms in total. The monoisotopic (exact) mass is 237 g/mol. The quantitative estimate of drug-likeness (QED) is 0.731. The minimum Gasteiger partial charge on any atom is -0.293 e. The molecule has 90 valence electrons. The molecule has 0 bridgehead atoms. The van der Waals surface area contributed by atoms with Gasteiger partial charge in [-0.2, -0.15) is 0 Å². The Kier molecular flexibility index (Phi) is 2.51. The van der Waals surface area contributed by atoms with Crippen LogP contribution >= 0.6 is 0 Å². The molecule has 1 aromatic carbocycles. The van der Waals surface area contributed by atoms with Crippen molar-refractivity contribution in [1.29, 1.82) is 0 Å². The van der Waals surface area contributed by atoms with Gasteiger partial charge in [-0.25, -0.2) is 0 Å². The molecular weight excluding hydrogens is 222 g/mol. The van der Waals surface area contributed by atoms with E-state index in [1.807, 2.05) is 30.3 Å². The lowest BCUT2D eigenvalue weighted by molar-refractivity contribution is 0.0971. The first kappa shape index (κ1) is 11.1. The van der Waals surface area contributed by atoms with Crippen LogP contribution in [-0.2, 0) is 0 Å². The van der Waals surface area contributed by atoms with E-state index in [0.29, 0.717) is 5.92 Å². The maximum absolute atomic E-state index is 12.5. The van der Waals surface area contributed by atoms with Crippen molar-refractivity contribution >= 4 is 17.2 Å². The highest BCUT2D eigenvalue weighted by molar-refractivity contribution is 6.23. The van der Waals surface area contributed by atoms with Crippen LogP contribution in [0.25, 0.3) is 0 Å². The van der Waals surface area contributed by atoms with E-state index in [9.17, 15) is 4.79 Å². The van der Waals surface area contributed by atoms with Gasteiger partial charge < -0.3 is 0 Å². The fraction of sp³-hybridized carbons (Fsp3) is 0.250. The maximum atomic E-state index is 12.5. The fourth-order valence-electron chi connectivity index (χ4n) is 2.41. The number of hydrogen-bond acceptors (Lipinski definition) is 2. The van der Waals surface area contributed by atoms with Crippen LogP contribution in [-0.4, -0.2) is 11.5 Å². The highest BCUT2D eigenvalue weighted by atomic mass is 16.1. The summed E-state index contributed by atoms with van der Waals surface area (Å²) in [7, 11) is 0. The van der Waals surface area contributed by atoms with Gasteiger partial charge in [0.25, 0.3) is 0 Å². The molecule has 1 unspecified atom stereocenters. The molecule has 1 aliphatic carbocycles. The lowest BCUT2D eigenvalue weighted by atomic mass is 9.82. The van der Waals surface area contributed by atoms with E-state index < -0.39 is 0 Å². The number of carbonyl (C=O) groups excluding carboxylic acids is 1. The third-order valence-electron chi connectivity index (χ3n) is 3.49. The number of Topliss-reactive ketones (excluding diaryl/α,β-unsaturated/α-hetero) is 1. The van der Waals surface area contributed by atoms with Crippen LogP contribution < -0.4 is 0 Å². The number of benzene rings is 1. The van der Waals surface area contributed by atoms with Gasteiger partial charge in [0.05, 0.1) is 17.3 Å². The number of allylic oxidation sites excluding steroid dienone is 4. The van der Waals surface area contributed by atoms with Crippen LogP contribution in [0.2, 0.25) is 0 Å². The zero-order valence-electron chi connectivity index (χ0n) is 10.6. The van der Waals surface area contributed by atoms with Gasteiger partial charge in [0.1, 0.15) is 0 Å². The summed E-state index contributed by atoms with van der Waals surface area (Å²) in [6.45, 7) is 4.28. The van der Waals surface area contributed by atoms with Gasteiger partial charge in [-0.3, -0.25) is 9.79 Å². The number of carbonyl (C=O) groups is 1. The van der Waals surface area contributed by atoms with Gasteiger partial charge in [0.2, 0.25) is 0 Å². The molecule has 18 heavy (non-hydrogen) atoms. The van der Waals surface area contributed by atoms with Crippen LogP contribution in [0.5, 0.6) is 0 Å². The second kappa shape index (κ2) is 4.05. The summed E-state index contributed by atoms with van der Waals surface area (Å²) < 4.78 is 0. The molecule has 0 saturated heterocycles. The summed E-state index contributed by atoms with van der Waals surface area (Å²) in [5, 5.41) is 0. The van der Waals surface area contributed by atoms with Gasteiger partial charge in [-0.1, -0.05) is 38.1 Å². The first-order valence-electron chi connectivity index (χ1n) is 6.28. The van der Waals surface area contributed by atoms with Gasteiger partial charge in [-0.15, -0.1) is 0 Å². The summed E-state index contributed by atoms with van der Waals surface area (Å²) in [6.07, 6.45) is 6.11. The molecule has 2 heteroatoms. The van der Waals surface area contributed by atoms with Gasteiger partial charge in [-0.05, 0) is 29.7 Å². The SMILES string of the molecule is CC(C)C1=CC2C(=O)c3ccccc3N=C2C=C1. The first-order chi connectivity index (χ1) is 8.66. The number of ketones is 1. The van der Waals surface area contributed by atoms with Gasteiger partial charge in [0.15, 0.2) is 5.78 Å². The average molecular weight is 237 g/mol. The molecule has 0 aromatic heterocycles. The topological polar surface area (TPSA) is 29.4 Å². The van der Waals surface area contributed by atoms with E-state index in [2.05, 4.69) is 31.0 Å². The number of fused-ring (bicyclic) bond motifs is 2. The van der Waals surface area contributed by atoms with E-state index in [1.165, 1.54) is 5.57 Å². The number of rotatable bonds is 1. The van der Waals surface area contributed by atoms with Crippen LogP contribution in [0.15, 0.2) is 53.1 Å². The third-order valence-corrected chi connectivity index (χ3v) is 3.49. The minimum atomic E-state index is -0.192. The summed E-state index contributed by atoms with van der Waals surface area (Å²) in [5.41, 5.74) is 3.61. The van der Waals surface area contributed by atoms with E-state index in [0.717, 1.165) is 17.0 Å². The summed E-state index contributed by atoms with van der Waals surface area (Å²) >= 11 is 0. The number of para-hydroxylation sites is 1. The van der Waals surface area contributed by atoms with Crippen LogP contribution in [0.4, 0.5) is 5.69 Å². The molecular formula is C16H15NO. The number of hydrogen-bond donors (Lipinski definition) is 0. The van der Waals surface area contributed by atoms with Crippen molar-refractivity contribution in [2.75, 3.05) is 0 Å². The van der Waals surface area contributed by atoms with E-state index in [1.54, 1.807) is 0 Å². The number of nitrogens with zero attached hydrogens (tertiary/aromatic N) is 1. The first-order valence-corrected chi connectivity index (χ1v) is 6.28. The minimum absolute atomic E-state index is 0.165. The smallest absolute Gasteiger partial charge is 0.177 e. The Morgan fingerprint density at radius 2 is 1.94 bits per heavy atom. The Labute approximate surface area is 107 Å². The van der Waals surface area contributed by atoms with E-state index in [-0.39, 0.29) is 11.7 Å². The molecule has 1 aliphatic heterocycles. The molecule has 1 heterocycles. The van der Waals surface area contributed by atoms with Crippen molar-refractivity contribution in [2.45, 2.75) is 13.8 Å². The summed E-state index contributed by atoms with van der Waals surface area (Å²) in [5.74, 6) is 0.410. The molecule has 1 atom stereocenters. The Balaban J connectivity index is 2.10. The lowest BCUT2D eigenvalue weighted by Crippen LogP contribution is -2.27. The average Bonchev–Trinajstić information content (AvgIpc) is 2.38. The predicted octanol–water partition coefficient (Wildman–Crippen LogP) is 3.72. The van der Waals surface area contributed by atoms with Crippen LogP contribution in [0, 0.1) is 11.8 Å². The third kappa shape index (κ3) is 1.65. The second-order valence-electron chi connectivity index (χ2n) is 5.05. The molecule has 0 fully saturated rings. The Bertz CT molecular complexity index is 605. The standard InChI is InChI=1S/C16H15NO/c1-10(2)11-7-8-15-13(9-11)16(18)12-5-3-4-6-14(12)17-15/h3-10,13H,1-2H3. The molecule has 3 rings (SSSR count). The predicted molar refractivity (Wildman–Crippen MR) is 73.4 cm³/mol. The Hall–Kier alpha value is -1.96.